The first-order valence-electron chi connectivity index (χ1n) is 8.00. The molecule has 0 unspecified atom stereocenters. The summed E-state index contributed by atoms with van der Waals surface area (Å²) in [7, 11) is 0. The van der Waals surface area contributed by atoms with E-state index in [-0.39, 0.29) is 17.4 Å². The molecule has 1 heterocycles. The van der Waals surface area contributed by atoms with Crippen molar-refractivity contribution in [3.05, 3.63) is 65.5 Å². The lowest BCUT2D eigenvalue weighted by Gasteiger charge is -2.07. The molecule has 0 aliphatic carbocycles. The summed E-state index contributed by atoms with van der Waals surface area (Å²) in [5.41, 5.74) is 2.66. The summed E-state index contributed by atoms with van der Waals surface area (Å²) in [5, 5.41) is 9.23. The molecule has 0 bridgehead atoms. The Bertz CT molecular complexity index is 890. The van der Waals surface area contributed by atoms with Crippen LogP contribution in [0.25, 0.3) is 11.4 Å². The van der Waals surface area contributed by atoms with Gasteiger partial charge in [0.1, 0.15) is 5.82 Å². The molecule has 0 N–H and O–H groups in total. The molecule has 128 valence electrons. The molecule has 0 spiro atoms. The second-order valence-electron chi connectivity index (χ2n) is 5.64. The van der Waals surface area contributed by atoms with Crippen molar-refractivity contribution in [1.29, 1.82) is 0 Å². The van der Waals surface area contributed by atoms with Gasteiger partial charge in [-0.2, -0.15) is 0 Å². The highest BCUT2D eigenvalue weighted by molar-refractivity contribution is 7.99. The van der Waals surface area contributed by atoms with Gasteiger partial charge in [-0.25, -0.2) is 4.39 Å². The van der Waals surface area contributed by atoms with Crippen molar-refractivity contribution >= 4 is 17.5 Å². The van der Waals surface area contributed by atoms with E-state index in [4.69, 9.17) is 0 Å². The normalized spacial score (nSPS) is 10.8. The Kier molecular flexibility index (Phi) is 5.28. The van der Waals surface area contributed by atoms with Crippen molar-refractivity contribution in [3.8, 4) is 11.4 Å². The van der Waals surface area contributed by atoms with Gasteiger partial charge in [-0.1, -0.05) is 35.5 Å². The van der Waals surface area contributed by atoms with Gasteiger partial charge in [0.25, 0.3) is 0 Å². The first kappa shape index (κ1) is 17.4. The fourth-order valence-electron chi connectivity index (χ4n) is 2.53. The molecule has 1 aromatic heterocycles. The van der Waals surface area contributed by atoms with Crippen LogP contribution in [-0.4, -0.2) is 26.3 Å². The van der Waals surface area contributed by atoms with Crippen molar-refractivity contribution in [2.24, 2.45) is 0 Å². The van der Waals surface area contributed by atoms with Gasteiger partial charge < -0.3 is 4.57 Å². The number of hydrogen-bond acceptors (Lipinski definition) is 4. The average molecular weight is 355 g/mol. The van der Waals surface area contributed by atoms with E-state index in [0.29, 0.717) is 17.3 Å². The van der Waals surface area contributed by atoms with Crippen LogP contribution in [0.1, 0.15) is 22.8 Å². The maximum absolute atomic E-state index is 13.0. The summed E-state index contributed by atoms with van der Waals surface area (Å²) in [4.78, 5) is 12.2. The molecule has 0 saturated heterocycles. The van der Waals surface area contributed by atoms with Crippen LogP contribution >= 0.6 is 11.8 Å². The Morgan fingerprint density at radius 1 is 1.16 bits per heavy atom. The number of carbonyl (C=O) groups is 1. The number of thioether (sulfide) groups is 1. The number of nitrogens with zero attached hydrogens (tertiary/aromatic N) is 3. The summed E-state index contributed by atoms with van der Waals surface area (Å²) in [5.74, 6) is 0.617. The number of rotatable bonds is 6. The topological polar surface area (TPSA) is 47.8 Å². The zero-order chi connectivity index (χ0) is 17.8. The third-order valence-corrected chi connectivity index (χ3v) is 4.77. The molecule has 2 aromatic carbocycles. The van der Waals surface area contributed by atoms with Crippen molar-refractivity contribution in [1.82, 2.24) is 14.8 Å². The summed E-state index contributed by atoms with van der Waals surface area (Å²) in [6.07, 6.45) is 0. The number of aromatic nitrogens is 3. The highest BCUT2D eigenvalue weighted by Crippen LogP contribution is 2.25. The lowest BCUT2D eigenvalue weighted by Crippen LogP contribution is -2.05. The minimum Gasteiger partial charge on any atom is -0.302 e. The summed E-state index contributed by atoms with van der Waals surface area (Å²) >= 11 is 1.34. The van der Waals surface area contributed by atoms with Crippen LogP contribution in [0.3, 0.4) is 0 Å². The Balaban J connectivity index is 1.77. The van der Waals surface area contributed by atoms with E-state index < -0.39 is 0 Å². The monoisotopic (exact) mass is 355 g/mol. The fourth-order valence-corrected chi connectivity index (χ4v) is 3.42. The van der Waals surface area contributed by atoms with Gasteiger partial charge in [0, 0.05) is 17.7 Å². The van der Waals surface area contributed by atoms with E-state index in [9.17, 15) is 9.18 Å². The third kappa shape index (κ3) is 3.96. The quantitative estimate of drug-likeness (QED) is 0.486. The third-order valence-electron chi connectivity index (χ3n) is 3.81. The summed E-state index contributed by atoms with van der Waals surface area (Å²) in [6.45, 7) is 4.77. The predicted molar refractivity (Wildman–Crippen MR) is 97.3 cm³/mol. The molecule has 0 aliphatic rings. The largest absolute Gasteiger partial charge is 0.302 e. The van der Waals surface area contributed by atoms with Crippen LogP contribution in [0.15, 0.2) is 53.7 Å². The van der Waals surface area contributed by atoms with Crippen LogP contribution in [0.5, 0.6) is 0 Å². The van der Waals surface area contributed by atoms with Gasteiger partial charge in [0.05, 0.1) is 5.75 Å². The van der Waals surface area contributed by atoms with Gasteiger partial charge >= 0.3 is 0 Å². The average Bonchev–Trinajstić information content (AvgIpc) is 3.03. The summed E-state index contributed by atoms with van der Waals surface area (Å²) < 4.78 is 15.0. The van der Waals surface area contributed by atoms with Gasteiger partial charge in [-0.15, -0.1) is 10.2 Å². The zero-order valence-electron chi connectivity index (χ0n) is 14.1. The van der Waals surface area contributed by atoms with Crippen LogP contribution in [-0.2, 0) is 6.54 Å². The molecule has 0 amide bonds. The van der Waals surface area contributed by atoms with Crippen LogP contribution in [0, 0.1) is 12.7 Å². The molecule has 6 heteroatoms. The molecule has 25 heavy (non-hydrogen) atoms. The van der Waals surface area contributed by atoms with Crippen LogP contribution in [0.4, 0.5) is 4.39 Å². The van der Waals surface area contributed by atoms with E-state index in [2.05, 4.69) is 16.3 Å². The van der Waals surface area contributed by atoms with Crippen LogP contribution in [0.2, 0.25) is 0 Å². The van der Waals surface area contributed by atoms with Crippen molar-refractivity contribution in [3.63, 3.8) is 0 Å². The molecule has 0 fully saturated rings. The van der Waals surface area contributed by atoms with Gasteiger partial charge in [-0.3, -0.25) is 4.79 Å². The number of halogens is 1. The molecule has 3 aromatic rings. The highest BCUT2D eigenvalue weighted by atomic mass is 32.2. The number of ketones is 1. The van der Waals surface area contributed by atoms with Crippen molar-refractivity contribution in [2.45, 2.75) is 25.5 Å². The first-order valence-corrected chi connectivity index (χ1v) is 8.99. The van der Waals surface area contributed by atoms with E-state index in [1.54, 1.807) is 0 Å². The fraction of sp³-hybridized carbons (Fsp3) is 0.211. The Labute approximate surface area is 150 Å². The first-order chi connectivity index (χ1) is 12.1. The predicted octanol–water partition coefficient (Wildman–Crippen LogP) is 4.39. The molecular formula is C19H18FN3OS. The second kappa shape index (κ2) is 7.61. The molecule has 0 aliphatic heterocycles. The highest BCUT2D eigenvalue weighted by Gasteiger charge is 2.15. The molecule has 0 saturated carbocycles. The van der Waals surface area contributed by atoms with E-state index in [1.807, 2.05) is 36.6 Å². The number of Topliss-reactive ketones (excluding diaryl/α,β-unsaturated/α-hetero) is 1. The lowest BCUT2D eigenvalue weighted by atomic mass is 10.1. The Morgan fingerprint density at radius 3 is 2.60 bits per heavy atom. The molecule has 3 rings (SSSR count). The Hall–Kier alpha value is -2.47. The maximum Gasteiger partial charge on any atom is 0.191 e. The minimum absolute atomic E-state index is 0.0623. The zero-order valence-corrected chi connectivity index (χ0v) is 14.9. The SMILES string of the molecule is CCn1c(SCC(=O)c2ccc(F)cc2)nnc1-c1cccc(C)c1. The minimum atomic E-state index is -0.349. The Morgan fingerprint density at radius 2 is 1.92 bits per heavy atom. The van der Waals surface area contributed by atoms with E-state index in [0.717, 1.165) is 17.0 Å². The number of benzene rings is 2. The second-order valence-corrected chi connectivity index (χ2v) is 6.58. The van der Waals surface area contributed by atoms with E-state index in [1.165, 1.54) is 36.0 Å². The van der Waals surface area contributed by atoms with Crippen molar-refractivity contribution < 1.29 is 9.18 Å². The number of aryl methyl sites for hydroxylation is 1. The molecule has 0 atom stereocenters. The van der Waals surface area contributed by atoms with Crippen LogP contribution < -0.4 is 0 Å². The molecular weight excluding hydrogens is 337 g/mol. The smallest absolute Gasteiger partial charge is 0.191 e. The lowest BCUT2D eigenvalue weighted by molar-refractivity contribution is 0.102. The molecule has 4 nitrogen and oxygen atoms in total. The maximum atomic E-state index is 13.0. The van der Waals surface area contributed by atoms with Crippen molar-refractivity contribution in [2.75, 3.05) is 5.75 Å². The van der Waals surface area contributed by atoms with Gasteiger partial charge in [0.2, 0.25) is 0 Å². The summed E-state index contributed by atoms with van der Waals surface area (Å²) in [6, 6.07) is 13.7. The van der Waals surface area contributed by atoms with Gasteiger partial charge in [0.15, 0.2) is 16.8 Å². The standard InChI is InChI=1S/C19H18FN3OS/c1-3-23-18(15-6-4-5-13(2)11-15)21-22-19(23)25-12-17(24)14-7-9-16(20)10-8-14/h4-11H,3,12H2,1-2H3. The van der Waals surface area contributed by atoms with E-state index >= 15 is 0 Å². The van der Waals surface area contributed by atoms with Gasteiger partial charge in [-0.05, 0) is 44.2 Å². The number of carbonyl (C=O) groups excluding carboxylic acids is 1. The number of hydrogen-bond donors (Lipinski definition) is 0. The molecule has 0 radical (unpaired) electrons.